The summed E-state index contributed by atoms with van der Waals surface area (Å²) in [5, 5.41) is 13.8. The van der Waals surface area contributed by atoms with Gasteiger partial charge in [0.05, 0.1) is 30.3 Å². The van der Waals surface area contributed by atoms with E-state index in [0.717, 1.165) is 27.8 Å². The van der Waals surface area contributed by atoms with Crippen molar-refractivity contribution in [2.75, 3.05) is 6.61 Å². The highest BCUT2D eigenvalue weighted by Crippen LogP contribution is 2.39. The second kappa shape index (κ2) is 9.30. The number of halogens is 1. The Bertz CT molecular complexity index is 1620. The molecule has 0 saturated carbocycles. The van der Waals surface area contributed by atoms with Gasteiger partial charge in [0.25, 0.3) is 5.56 Å². The molecular formula is C29H26ClN3O3. The molecule has 0 aliphatic rings. The van der Waals surface area contributed by atoms with Crippen LogP contribution in [0.4, 0.5) is 0 Å². The molecule has 1 unspecified atom stereocenters. The Balaban J connectivity index is 1.80. The van der Waals surface area contributed by atoms with E-state index in [1.165, 1.54) is 0 Å². The number of aliphatic hydroxyl groups is 1. The molecule has 7 heteroatoms. The molecule has 182 valence electrons. The van der Waals surface area contributed by atoms with Crippen molar-refractivity contribution < 1.29 is 9.84 Å². The predicted molar refractivity (Wildman–Crippen MR) is 143 cm³/mol. The molecule has 0 aliphatic heterocycles. The summed E-state index contributed by atoms with van der Waals surface area (Å²) in [7, 11) is 3.59. The number of ether oxygens (including phenoxy) is 1. The number of aryl methyl sites for hydroxylation is 2. The summed E-state index contributed by atoms with van der Waals surface area (Å²) < 4.78 is 9.11. The zero-order chi connectivity index (χ0) is 25.4. The van der Waals surface area contributed by atoms with Crippen LogP contribution >= 0.6 is 11.6 Å². The van der Waals surface area contributed by atoms with E-state index in [2.05, 4.69) is 4.98 Å². The lowest BCUT2D eigenvalue weighted by atomic mass is 9.82. The molecule has 0 fully saturated rings. The van der Waals surface area contributed by atoms with Crippen LogP contribution in [0, 0.1) is 0 Å². The largest absolute Gasteiger partial charge is 0.494 e. The van der Waals surface area contributed by atoms with Crippen LogP contribution in [0.15, 0.2) is 90.1 Å². The van der Waals surface area contributed by atoms with Gasteiger partial charge in [-0.1, -0.05) is 41.9 Å². The molecule has 6 nitrogen and oxygen atoms in total. The Morgan fingerprint density at radius 3 is 2.44 bits per heavy atom. The third kappa shape index (κ3) is 3.98. The molecule has 1 atom stereocenters. The molecule has 2 heterocycles. The van der Waals surface area contributed by atoms with Gasteiger partial charge in [-0.2, -0.15) is 0 Å². The SMILES string of the molecule is CCOc1cccc(-c2cc(=O)n(C)c3ccc(C(O)(c4ccc(Cl)cc4)c4cncn4C)cc23)c1. The van der Waals surface area contributed by atoms with E-state index in [1.54, 1.807) is 46.9 Å². The summed E-state index contributed by atoms with van der Waals surface area (Å²) in [6.45, 7) is 2.48. The molecule has 36 heavy (non-hydrogen) atoms. The van der Waals surface area contributed by atoms with Gasteiger partial charge in [0, 0.05) is 30.6 Å². The van der Waals surface area contributed by atoms with Crippen LogP contribution in [0.2, 0.25) is 5.02 Å². The van der Waals surface area contributed by atoms with Crippen LogP contribution in [0.3, 0.4) is 0 Å². The smallest absolute Gasteiger partial charge is 0.251 e. The first kappa shape index (κ1) is 23.9. The van der Waals surface area contributed by atoms with Gasteiger partial charge < -0.3 is 19.0 Å². The highest BCUT2D eigenvalue weighted by molar-refractivity contribution is 6.30. The summed E-state index contributed by atoms with van der Waals surface area (Å²) in [5.41, 5.74) is 2.65. The number of fused-ring (bicyclic) bond motifs is 1. The fraction of sp³-hybridized carbons (Fsp3) is 0.172. The van der Waals surface area contributed by atoms with Crippen molar-refractivity contribution in [3.63, 3.8) is 0 Å². The van der Waals surface area contributed by atoms with Gasteiger partial charge in [0.1, 0.15) is 5.75 Å². The van der Waals surface area contributed by atoms with E-state index in [9.17, 15) is 9.90 Å². The number of benzene rings is 3. The maximum atomic E-state index is 12.9. The normalized spacial score (nSPS) is 13.0. The van der Waals surface area contributed by atoms with Crippen molar-refractivity contribution in [2.45, 2.75) is 12.5 Å². The van der Waals surface area contributed by atoms with Gasteiger partial charge in [-0.05, 0) is 65.6 Å². The lowest BCUT2D eigenvalue weighted by molar-refractivity contribution is 0.117. The Morgan fingerprint density at radius 2 is 1.75 bits per heavy atom. The van der Waals surface area contributed by atoms with Gasteiger partial charge in [0.15, 0.2) is 5.60 Å². The van der Waals surface area contributed by atoms with Gasteiger partial charge in [-0.25, -0.2) is 4.98 Å². The molecule has 0 spiro atoms. The van der Waals surface area contributed by atoms with Crippen molar-refractivity contribution in [1.29, 1.82) is 0 Å². The molecular weight excluding hydrogens is 474 g/mol. The van der Waals surface area contributed by atoms with E-state index in [1.807, 2.05) is 68.6 Å². The van der Waals surface area contributed by atoms with E-state index in [4.69, 9.17) is 16.3 Å². The predicted octanol–water partition coefficient (Wildman–Crippen LogP) is 5.28. The molecule has 1 N–H and O–H groups in total. The van der Waals surface area contributed by atoms with Crippen molar-refractivity contribution in [1.82, 2.24) is 14.1 Å². The van der Waals surface area contributed by atoms with Crippen LogP contribution in [0.5, 0.6) is 5.75 Å². The zero-order valence-corrected chi connectivity index (χ0v) is 21.0. The first-order chi connectivity index (χ1) is 17.3. The van der Waals surface area contributed by atoms with E-state index < -0.39 is 5.60 Å². The van der Waals surface area contributed by atoms with E-state index in [-0.39, 0.29) is 5.56 Å². The molecule has 0 amide bonds. The third-order valence-corrected chi connectivity index (χ3v) is 6.82. The molecule has 5 rings (SSSR count). The number of aromatic nitrogens is 3. The van der Waals surface area contributed by atoms with Gasteiger partial charge >= 0.3 is 0 Å². The molecule has 3 aromatic carbocycles. The monoisotopic (exact) mass is 499 g/mol. The lowest BCUT2D eigenvalue weighted by Crippen LogP contribution is -2.31. The van der Waals surface area contributed by atoms with Crippen LogP contribution in [0.1, 0.15) is 23.7 Å². The lowest BCUT2D eigenvalue weighted by Gasteiger charge is -2.30. The second-order valence-corrected chi connectivity index (χ2v) is 9.19. The number of hydrogen-bond donors (Lipinski definition) is 1. The molecule has 5 aromatic rings. The Hall–Kier alpha value is -3.87. The van der Waals surface area contributed by atoms with Crippen LogP contribution in [-0.4, -0.2) is 25.8 Å². The van der Waals surface area contributed by atoms with Crippen molar-refractivity contribution in [3.8, 4) is 16.9 Å². The topological polar surface area (TPSA) is 69.3 Å². The molecule has 0 radical (unpaired) electrons. The Morgan fingerprint density at radius 1 is 1.00 bits per heavy atom. The van der Waals surface area contributed by atoms with Gasteiger partial charge in [0.2, 0.25) is 0 Å². The summed E-state index contributed by atoms with van der Waals surface area (Å²) in [4.78, 5) is 17.1. The highest BCUT2D eigenvalue weighted by atomic mass is 35.5. The van der Waals surface area contributed by atoms with E-state index in [0.29, 0.717) is 28.5 Å². The fourth-order valence-electron chi connectivity index (χ4n) is 4.70. The summed E-state index contributed by atoms with van der Waals surface area (Å²) >= 11 is 6.16. The third-order valence-electron chi connectivity index (χ3n) is 6.57. The first-order valence-electron chi connectivity index (χ1n) is 11.7. The minimum absolute atomic E-state index is 0.119. The number of pyridine rings is 1. The van der Waals surface area contributed by atoms with Crippen LogP contribution in [-0.2, 0) is 19.7 Å². The summed E-state index contributed by atoms with van der Waals surface area (Å²) in [6.07, 6.45) is 3.32. The van der Waals surface area contributed by atoms with Crippen molar-refractivity contribution in [2.24, 2.45) is 14.1 Å². The standard InChI is InChI=1S/C29H26ClN3O3/c1-4-36-23-7-5-6-19(14-23)24-16-28(34)33(3)26-13-10-21(15-25(24)26)29(35,27-17-31-18-32(27)2)20-8-11-22(30)12-9-20/h5-18,35H,4H2,1-3H3. The molecule has 0 saturated heterocycles. The van der Waals surface area contributed by atoms with Gasteiger partial charge in [-0.15, -0.1) is 0 Å². The van der Waals surface area contributed by atoms with Gasteiger partial charge in [-0.3, -0.25) is 4.79 Å². The van der Waals surface area contributed by atoms with Crippen molar-refractivity contribution >= 4 is 22.5 Å². The number of hydrogen-bond acceptors (Lipinski definition) is 4. The minimum atomic E-state index is -1.51. The van der Waals surface area contributed by atoms with Crippen molar-refractivity contribution in [3.05, 3.63) is 118 Å². The highest BCUT2D eigenvalue weighted by Gasteiger charge is 2.37. The summed E-state index contributed by atoms with van der Waals surface area (Å²) in [5.74, 6) is 0.729. The van der Waals surface area contributed by atoms with E-state index >= 15 is 0 Å². The van der Waals surface area contributed by atoms with Crippen LogP contribution < -0.4 is 10.3 Å². The molecule has 0 aliphatic carbocycles. The second-order valence-electron chi connectivity index (χ2n) is 8.76. The molecule has 2 aromatic heterocycles. The number of nitrogens with zero attached hydrogens (tertiary/aromatic N) is 3. The van der Waals surface area contributed by atoms with Crippen LogP contribution in [0.25, 0.3) is 22.0 Å². The minimum Gasteiger partial charge on any atom is -0.494 e. The average Bonchev–Trinajstić information content (AvgIpc) is 3.32. The maximum absolute atomic E-state index is 12.9. The quantitative estimate of drug-likeness (QED) is 0.345. The summed E-state index contributed by atoms with van der Waals surface area (Å²) in [6, 6.07) is 22.1. The number of imidazole rings is 1. The Kier molecular flexibility index (Phi) is 6.16. The maximum Gasteiger partial charge on any atom is 0.251 e. The average molecular weight is 500 g/mol. The zero-order valence-electron chi connectivity index (χ0n) is 20.3. The first-order valence-corrected chi connectivity index (χ1v) is 12.0. The number of rotatable bonds is 6. The fourth-order valence-corrected chi connectivity index (χ4v) is 4.83. The Labute approximate surface area is 214 Å². The molecule has 0 bridgehead atoms.